The van der Waals surface area contributed by atoms with Crippen molar-refractivity contribution < 1.29 is 27.7 Å². The molecule has 15 heteroatoms. The number of hydrogen-bond donors (Lipinski definition) is 2. The predicted octanol–water partition coefficient (Wildman–Crippen LogP) is 5.82. The average Bonchev–Trinajstić information content (AvgIpc) is 3.34. The number of alkyl halides is 3. The van der Waals surface area contributed by atoms with E-state index in [9.17, 15) is 32.9 Å². The highest BCUT2D eigenvalue weighted by Gasteiger charge is 2.31. The Morgan fingerprint density at radius 3 is 2.49 bits per heavy atom. The van der Waals surface area contributed by atoms with Crippen LogP contribution in [0.3, 0.4) is 0 Å². The fourth-order valence-corrected chi connectivity index (χ4v) is 4.60. The fourth-order valence-electron chi connectivity index (χ4n) is 3.67. The lowest BCUT2D eigenvalue weighted by atomic mass is 10.1. The minimum Gasteiger partial charge on any atom is -0.345 e. The van der Waals surface area contributed by atoms with Crippen molar-refractivity contribution >= 4 is 46.6 Å². The molecule has 0 unspecified atom stereocenters. The fraction of sp³-hybridized carbons (Fsp3) is 0.154. The Morgan fingerprint density at radius 2 is 1.80 bits per heavy atom. The summed E-state index contributed by atoms with van der Waals surface area (Å²) in [6, 6.07) is 15.6. The van der Waals surface area contributed by atoms with Crippen LogP contribution < -0.4 is 10.6 Å². The van der Waals surface area contributed by atoms with Crippen LogP contribution in [-0.4, -0.2) is 37.3 Å². The van der Waals surface area contributed by atoms with Crippen molar-refractivity contribution in [1.82, 2.24) is 20.1 Å². The minimum absolute atomic E-state index is 0.0549. The van der Waals surface area contributed by atoms with Gasteiger partial charge < -0.3 is 10.6 Å². The maximum Gasteiger partial charge on any atom is 0.416 e. The van der Waals surface area contributed by atoms with Crippen LogP contribution in [0.4, 0.5) is 24.5 Å². The number of nitrogens with one attached hydrogen (secondary N) is 2. The molecular formula is C26H20ClF3N6O4S. The normalized spacial score (nSPS) is 11.2. The maximum atomic E-state index is 13.1. The van der Waals surface area contributed by atoms with Gasteiger partial charge in [-0.1, -0.05) is 47.6 Å². The number of hydrogen-bond acceptors (Lipinski definition) is 7. The molecule has 0 spiro atoms. The van der Waals surface area contributed by atoms with E-state index in [1.54, 1.807) is 41.8 Å². The number of amides is 2. The van der Waals surface area contributed by atoms with Gasteiger partial charge in [0.05, 0.1) is 33.5 Å². The van der Waals surface area contributed by atoms with Crippen molar-refractivity contribution in [3.63, 3.8) is 0 Å². The van der Waals surface area contributed by atoms with E-state index in [2.05, 4.69) is 20.8 Å². The zero-order valence-electron chi connectivity index (χ0n) is 21.1. The van der Waals surface area contributed by atoms with E-state index in [0.717, 1.165) is 30.0 Å². The molecule has 0 bridgehead atoms. The van der Waals surface area contributed by atoms with E-state index < -0.39 is 28.5 Å². The molecule has 1 heterocycles. The van der Waals surface area contributed by atoms with Gasteiger partial charge >= 0.3 is 6.18 Å². The molecule has 0 aliphatic carbocycles. The van der Waals surface area contributed by atoms with Crippen LogP contribution in [0, 0.1) is 17.0 Å². The number of aryl methyl sites for hydroxylation is 1. The summed E-state index contributed by atoms with van der Waals surface area (Å²) in [6.07, 6.45) is -4.61. The SMILES string of the molecule is Cc1ccc(C(=O)NCc2nnc(SCC(=O)Nc3cc(C(F)(F)F)ccc3Cl)n2-c2ccccc2)cc1[N+](=O)[O-]. The van der Waals surface area contributed by atoms with Crippen LogP contribution in [-0.2, 0) is 17.5 Å². The second-order valence-electron chi connectivity index (χ2n) is 8.54. The quantitative estimate of drug-likeness (QED) is 0.140. The molecule has 0 saturated carbocycles. The smallest absolute Gasteiger partial charge is 0.345 e. The largest absolute Gasteiger partial charge is 0.416 e. The monoisotopic (exact) mass is 604 g/mol. The first-order valence-corrected chi connectivity index (χ1v) is 13.1. The highest BCUT2D eigenvalue weighted by Crippen LogP contribution is 2.34. The number of thioether (sulfide) groups is 1. The number of aromatic nitrogens is 3. The summed E-state index contributed by atoms with van der Waals surface area (Å²) in [7, 11) is 0. The van der Waals surface area contributed by atoms with E-state index in [-0.39, 0.29) is 39.4 Å². The topological polar surface area (TPSA) is 132 Å². The van der Waals surface area contributed by atoms with Gasteiger partial charge in [-0.2, -0.15) is 13.2 Å². The molecule has 3 aromatic carbocycles. The zero-order chi connectivity index (χ0) is 29.7. The van der Waals surface area contributed by atoms with Crippen LogP contribution >= 0.6 is 23.4 Å². The molecule has 0 atom stereocenters. The minimum atomic E-state index is -4.61. The lowest BCUT2D eigenvalue weighted by molar-refractivity contribution is -0.385. The van der Waals surface area contributed by atoms with Gasteiger partial charge in [-0.25, -0.2) is 0 Å². The van der Waals surface area contributed by atoms with Crippen LogP contribution in [0.15, 0.2) is 71.9 Å². The van der Waals surface area contributed by atoms with Crippen molar-refractivity contribution in [3.8, 4) is 5.69 Å². The Labute approximate surface area is 240 Å². The number of rotatable bonds is 9. The van der Waals surface area contributed by atoms with Crippen LogP contribution in [0.1, 0.15) is 27.3 Å². The lowest BCUT2D eigenvalue weighted by Gasteiger charge is -2.12. The third-order valence-electron chi connectivity index (χ3n) is 5.69. The van der Waals surface area contributed by atoms with Gasteiger partial charge in [0.2, 0.25) is 5.91 Å². The molecule has 1 aromatic heterocycles. The van der Waals surface area contributed by atoms with Crippen molar-refractivity contribution in [3.05, 3.63) is 104 Å². The maximum absolute atomic E-state index is 13.1. The third-order valence-corrected chi connectivity index (χ3v) is 6.95. The number of para-hydroxylation sites is 1. The zero-order valence-corrected chi connectivity index (χ0v) is 22.7. The van der Waals surface area contributed by atoms with E-state index in [1.807, 2.05) is 0 Å². The van der Waals surface area contributed by atoms with Crippen LogP contribution in [0.25, 0.3) is 5.69 Å². The van der Waals surface area contributed by atoms with Gasteiger partial charge in [-0.3, -0.25) is 24.3 Å². The summed E-state index contributed by atoms with van der Waals surface area (Å²) in [5.74, 6) is -1.14. The van der Waals surface area contributed by atoms with Gasteiger partial charge in [-0.05, 0) is 43.3 Å². The van der Waals surface area contributed by atoms with Gasteiger partial charge in [-0.15, -0.1) is 10.2 Å². The first kappa shape index (κ1) is 29.6. The molecule has 212 valence electrons. The molecule has 0 saturated heterocycles. The number of halogens is 4. The molecule has 2 N–H and O–H groups in total. The van der Waals surface area contributed by atoms with Gasteiger partial charge in [0.25, 0.3) is 11.6 Å². The van der Waals surface area contributed by atoms with Gasteiger partial charge in [0, 0.05) is 22.9 Å². The first-order valence-electron chi connectivity index (χ1n) is 11.8. The standard InChI is InChI=1S/C26H20ClF3N6O4S/c1-15-7-8-16(11-21(15)36(39)40)24(38)31-13-22-33-34-25(35(22)18-5-3-2-4-6-18)41-14-23(37)32-20-12-17(26(28,29)30)9-10-19(20)27/h2-12H,13-14H2,1H3,(H,31,38)(H,32,37). The molecule has 2 amide bonds. The average molecular weight is 605 g/mol. The molecule has 10 nitrogen and oxygen atoms in total. The first-order chi connectivity index (χ1) is 19.4. The van der Waals surface area contributed by atoms with Gasteiger partial charge in [0.1, 0.15) is 0 Å². The summed E-state index contributed by atoms with van der Waals surface area (Å²) >= 11 is 6.94. The van der Waals surface area contributed by atoms with Crippen LogP contribution in [0.2, 0.25) is 5.02 Å². The molecule has 0 fully saturated rings. The summed E-state index contributed by atoms with van der Waals surface area (Å²) in [4.78, 5) is 36.0. The van der Waals surface area contributed by atoms with E-state index in [1.165, 1.54) is 18.2 Å². The summed E-state index contributed by atoms with van der Waals surface area (Å²) < 4.78 is 40.8. The Bertz CT molecular complexity index is 1610. The Kier molecular flexibility index (Phi) is 8.93. The van der Waals surface area contributed by atoms with Crippen molar-refractivity contribution in [1.29, 1.82) is 0 Å². The molecule has 41 heavy (non-hydrogen) atoms. The van der Waals surface area contributed by atoms with E-state index in [4.69, 9.17) is 11.6 Å². The Hall–Kier alpha value is -4.43. The Morgan fingerprint density at radius 1 is 1.07 bits per heavy atom. The molecular weight excluding hydrogens is 585 g/mol. The number of nitro benzene ring substituents is 1. The number of nitrogens with zero attached hydrogens (tertiary/aromatic N) is 4. The molecule has 0 aliphatic heterocycles. The number of carbonyl (C=O) groups is 2. The summed E-state index contributed by atoms with van der Waals surface area (Å²) in [6.45, 7) is 1.46. The number of benzene rings is 3. The number of anilines is 1. The molecule has 0 aliphatic rings. The van der Waals surface area contributed by atoms with Crippen LogP contribution in [0.5, 0.6) is 0 Å². The highest BCUT2D eigenvalue weighted by molar-refractivity contribution is 7.99. The lowest BCUT2D eigenvalue weighted by Crippen LogP contribution is -2.25. The number of nitro groups is 1. The van der Waals surface area contributed by atoms with Crippen molar-refractivity contribution in [2.24, 2.45) is 0 Å². The van der Waals surface area contributed by atoms with E-state index >= 15 is 0 Å². The molecule has 0 radical (unpaired) electrons. The number of carbonyl (C=O) groups excluding carboxylic acids is 2. The third kappa shape index (κ3) is 7.21. The second-order valence-corrected chi connectivity index (χ2v) is 9.89. The predicted molar refractivity (Wildman–Crippen MR) is 146 cm³/mol. The summed E-state index contributed by atoms with van der Waals surface area (Å²) in [5, 5.41) is 24.7. The second kappa shape index (κ2) is 12.4. The van der Waals surface area contributed by atoms with E-state index in [0.29, 0.717) is 17.1 Å². The highest BCUT2D eigenvalue weighted by atomic mass is 35.5. The molecule has 4 rings (SSSR count). The summed E-state index contributed by atoms with van der Waals surface area (Å²) in [5.41, 5.74) is -0.203. The molecule has 4 aromatic rings. The van der Waals surface area contributed by atoms with Crippen molar-refractivity contribution in [2.45, 2.75) is 24.8 Å². The van der Waals surface area contributed by atoms with Crippen molar-refractivity contribution in [2.75, 3.05) is 11.1 Å². The Balaban J connectivity index is 1.50. The van der Waals surface area contributed by atoms with Gasteiger partial charge in [0.15, 0.2) is 11.0 Å².